The molecule has 0 radical (unpaired) electrons. The zero-order chi connectivity index (χ0) is 13.7. The number of hydrogen-bond donors (Lipinski definition) is 3. The molecule has 3 N–H and O–H groups in total. The van der Waals surface area contributed by atoms with Crippen molar-refractivity contribution in [2.75, 3.05) is 19.6 Å². The van der Waals surface area contributed by atoms with E-state index in [0.29, 0.717) is 0 Å². The number of aliphatic carboxylic acids is 1. The number of rotatable bonds is 6. The van der Waals surface area contributed by atoms with Crippen molar-refractivity contribution in [3.63, 3.8) is 0 Å². The third kappa shape index (κ3) is 4.04. The smallest absolute Gasteiger partial charge is 0.325 e. The number of carboxylic acids is 1. The van der Waals surface area contributed by atoms with E-state index in [0.717, 1.165) is 4.90 Å². The summed E-state index contributed by atoms with van der Waals surface area (Å²) < 4.78 is 0. The number of carbonyl (C=O) groups is 4. The summed E-state index contributed by atoms with van der Waals surface area (Å²) in [6, 6.07) is -0.589. The third-order valence-corrected chi connectivity index (χ3v) is 2.41. The quantitative estimate of drug-likeness (QED) is 0.515. The molecule has 1 aliphatic rings. The van der Waals surface area contributed by atoms with Gasteiger partial charge in [-0.3, -0.25) is 19.3 Å². The maximum absolute atomic E-state index is 11.4. The van der Waals surface area contributed by atoms with Gasteiger partial charge in [0.1, 0.15) is 6.54 Å². The van der Waals surface area contributed by atoms with Crippen LogP contribution in [0.5, 0.6) is 0 Å². The van der Waals surface area contributed by atoms with Crippen LogP contribution in [0.3, 0.4) is 0 Å². The second-order valence-electron chi connectivity index (χ2n) is 4.15. The van der Waals surface area contributed by atoms with Gasteiger partial charge in [0.15, 0.2) is 0 Å². The summed E-state index contributed by atoms with van der Waals surface area (Å²) in [6.45, 7) is 1.43. The van der Waals surface area contributed by atoms with E-state index in [2.05, 4.69) is 10.6 Å². The minimum atomic E-state index is -0.939. The molecule has 0 aromatic carbocycles. The molecule has 0 spiro atoms. The number of imide groups is 1. The number of urea groups is 1. The van der Waals surface area contributed by atoms with Crippen molar-refractivity contribution >= 4 is 23.8 Å². The Morgan fingerprint density at radius 3 is 2.67 bits per heavy atom. The van der Waals surface area contributed by atoms with E-state index >= 15 is 0 Å². The first-order chi connectivity index (χ1) is 8.40. The molecule has 8 heteroatoms. The molecule has 0 bridgehead atoms. The Morgan fingerprint density at radius 1 is 1.50 bits per heavy atom. The highest BCUT2D eigenvalue weighted by molar-refractivity contribution is 6.04. The standard InChI is InChI=1S/C10H15N3O5/c1-6(2-9(16)17)3-11-7(14)5-13-8(15)4-12-10(13)18/h6H,2-5H2,1H3,(H,11,14)(H,12,18)(H,16,17). The van der Waals surface area contributed by atoms with Crippen LogP contribution >= 0.6 is 0 Å². The molecule has 1 aliphatic heterocycles. The molecule has 1 rings (SSSR count). The average Bonchev–Trinajstić information content (AvgIpc) is 2.57. The van der Waals surface area contributed by atoms with Crippen molar-refractivity contribution in [1.29, 1.82) is 0 Å². The highest BCUT2D eigenvalue weighted by Crippen LogP contribution is 2.00. The van der Waals surface area contributed by atoms with E-state index in [1.54, 1.807) is 6.92 Å². The minimum absolute atomic E-state index is 0.0522. The Hall–Kier alpha value is -2.12. The topological polar surface area (TPSA) is 116 Å². The van der Waals surface area contributed by atoms with Crippen molar-refractivity contribution in [2.24, 2.45) is 5.92 Å². The molecular formula is C10H15N3O5. The molecule has 8 nitrogen and oxygen atoms in total. The van der Waals surface area contributed by atoms with Gasteiger partial charge in [0.25, 0.3) is 5.91 Å². The Morgan fingerprint density at radius 2 is 2.17 bits per heavy atom. The van der Waals surface area contributed by atoms with Crippen molar-refractivity contribution < 1.29 is 24.3 Å². The molecule has 4 amide bonds. The van der Waals surface area contributed by atoms with Gasteiger partial charge in [-0.25, -0.2) is 4.79 Å². The first-order valence-corrected chi connectivity index (χ1v) is 5.47. The lowest BCUT2D eigenvalue weighted by molar-refractivity contribution is -0.138. The molecule has 1 atom stereocenters. The molecule has 1 heterocycles. The van der Waals surface area contributed by atoms with Gasteiger partial charge in [0, 0.05) is 13.0 Å². The van der Waals surface area contributed by atoms with Gasteiger partial charge in [-0.1, -0.05) is 6.92 Å². The van der Waals surface area contributed by atoms with E-state index in [4.69, 9.17) is 5.11 Å². The molecule has 1 unspecified atom stereocenters. The average molecular weight is 257 g/mol. The van der Waals surface area contributed by atoms with Crippen LogP contribution in [0.15, 0.2) is 0 Å². The fourth-order valence-corrected chi connectivity index (χ4v) is 1.47. The summed E-state index contributed by atoms with van der Waals surface area (Å²) in [5.74, 6) is -2.09. The van der Waals surface area contributed by atoms with Crippen LogP contribution in [-0.2, 0) is 14.4 Å². The minimum Gasteiger partial charge on any atom is -0.481 e. The van der Waals surface area contributed by atoms with Crippen LogP contribution in [0.2, 0.25) is 0 Å². The van der Waals surface area contributed by atoms with E-state index in [9.17, 15) is 19.2 Å². The molecule has 1 saturated heterocycles. The van der Waals surface area contributed by atoms with Crippen molar-refractivity contribution in [3.05, 3.63) is 0 Å². The summed E-state index contributed by atoms with van der Waals surface area (Å²) in [4.78, 5) is 45.0. The summed E-state index contributed by atoms with van der Waals surface area (Å²) >= 11 is 0. The molecule has 1 fully saturated rings. The Bertz CT molecular complexity index is 366. The summed E-state index contributed by atoms with van der Waals surface area (Å²) in [5, 5.41) is 13.3. The molecule has 0 aromatic rings. The summed E-state index contributed by atoms with van der Waals surface area (Å²) in [5.41, 5.74) is 0. The number of hydrogen-bond acceptors (Lipinski definition) is 4. The zero-order valence-electron chi connectivity index (χ0n) is 9.93. The van der Waals surface area contributed by atoms with Crippen LogP contribution in [0.1, 0.15) is 13.3 Å². The normalized spacial score (nSPS) is 16.4. The predicted molar refractivity (Wildman–Crippen MR) is 59.5 cm³/mol. The first kappa shape index (κ1) is 13.9. The van der Waals surface area contributed by atoms with E-state index < -0.39 is 23.8 Å². The van der Waals surface area contributed by atoms with Crippen LogP contribution in [-0.4, -0.2) is 53.5 Å². The number of carbonyl (C=O) groups excluding carboxylic acids is 3. The lowest BCUT2D eigenvalue weighted by Crippen LogP contribution is -2.42. The predicted octanol–water partition coefficient (Wildman–Crippen LogP) is -1.23. The molecule has 0 saturated carbocycles. The largest absolute Gasteiger partial charge is 0.481 e. The van der Waals surface area contributed by atoms with Crippen LogP contribution in [0.25, 0.3) is 0 Å². The van der Waals surface area contributed by atoms with Gasteiger partial charge >= 0.3 is 12.0 Å². The maximum atomic E-state index is 11.4. The van der Waals surface area contributed by atoms with E-state index in [-0.39, 0.29) is 32.0 Å². The number of amides is 4. The lowest BCUT2D eigenvalue weighted by atomic mass is 10.1. The molecule has 100 valence electrons. The van der Waals surface area contributed by atoms with Crippen molar-refractivity contribution in [1.82, 2.24) is 15.5 Å². The highest BCUT2D eigenvalue weighted by atomic mass is 16.4. The lowest BCUT2D eigenvalue weighted by Gasteiger charge is -2.14. The molecular weight excluding hydrogens is 242 g/mol. The van der Waals surface area contributed by atoms with Gasteiger partial charge < -0.3 is 15.7 Å². The first-order valence-electron chi connectivity index (χ1n) is 5.47. The van der Waals surface area contributed by atoms with Crippen LogP contribution in [0.4, 0.5) is 4.79 Å². The van der Waals surface area contributed by atoms with E-state index in [1.807, 2.05) is 0 Å². The Balaban J connectivity index is 2.31. The summed E-state index contributed by atoms with van der Waals surface area (Å²) in [6.07, 6.45) is -0.0522. The Labute approximate surface area is 103 Å². The second-order valence-corrected chi connectivity index (χ2v) is 4.15. The number of nitrogens with zero attached hydrogens (tertiary/aromatic N) is 1. The summed E-state index contributed by atoms with van der Waals surface area (Å²) in [7, 11) is 0. The molecule has 0 aromatic heterocycles. The monoisotopic (exact) mass is 257 g/mol. The van der Waals surface area contributed by atoms with E-state index in [1.165, 1.54) is 0 Å². The fraction of sp³-hybridized carbons (Fsp3) is 0.600. The SMILES string of the molecule is CC(CNC(=O)CN1C(=O)CNC1=O)CC(=O)O. The van der Waals surface area contributed by atoms with Crippen LogP contribution in [0, 0.1) is 5.92 Å². The van der Waals surface area contributed by atoms with Crippen LogP contribution < -0.4 is 10.6 Å². The molecule has 18 heavy (non-hydrogen) atoms. The number of carboxylic acid groups (broad SMARTS) is 1. The van der Waals surface area contributed by atoms with Gasteiger partial charge in [-0.2, -0.15) is 0 Å². The Kier molecular flexibility index (Phi) is 4.64. The van der Waals surface area contributed by atoms with Gasteiger partial charge in [-0.05, 0) is 5.92 Å². The zero-order valence-corrected chi connectivity index (χ0v) is 9.93. The van der Waals surface area contributed by atoms with Crippen molar-refractivity contribution in [2.45, 2.75) is 13.3 Å². The highest BCUT2D eigenvalue weighted by Gasteiger charge is 2.30. The van der Waals surface area contributed by atoms with Gasteiger partial charge in [-0.15, -0.1) is 0 Å². The molecule has 0 aliphatic carbocycles. The van der Waals surface area contributed by atoms with Gasteiger partial charge in [0.2, 0.25) is 5.91 Å². The van der Waals surface area contributed by atoms with Gasteiger partial charge in [0.05, 0.1) is 6.54 Å². The third-order valence-electron chi connectivity index (χ3n) is 2.41. The maximum Gasteiger partial charge on any atom is 0.325 e. The second kappa shape index (κ2) is 5.99. The fourth-order valence-electron chi connectivity index (χ4n) is 1.47. The number of nitrogens with one attached hydrogen (secondary N) is 2. The van der Waals surface area contributed by atoms with Crippen molar-refractivity contribution in [3.8, 4) is 0 Å².